The number of anilines is 1. The van der Waals surface area contributed by atoms with Gasteiger partial charge in [-0.1, -0.05) is 70.7 Å². The van der Waals surface area contributed by atoms with E-state index in [9.17, 15) is 0 Å². The molecule has 9 heteroatoms. The average Bonchev–Trinajstić information content (AvgIpc) is 2.89. The molecule has 1 saturated heterocycles. The van der Waals surface area contributed by atoms with Gasteiger partial charge in [0.2, 0.25) is 0 Å². The lowest BCUT2D eigenvalue weighted by atomic mass is 10.0. The lowest BCUT2D eigenvalue weighted by Crippen LogP contribution is -2.46. The second-order valence-corrected chi connectivity index (χ2v) is 11.5. The van der Waals surface area contributed by atoms with Crippen molar-refractivity contribution in [3.63, 3.8) is 0 Å². The number of hydrogen-bond donors (Lipinski definition) is 0. The molecule has 1 aliphatic rings. The summed E-state index contributed by atoms with van der Waals surface area (Å²) < 4.78 is 0. The Morgan fingerprint density at radius 2 is 1.14 bits per heavy atom. The first-order valence-corrected chi connectivity index (χ1v) is 14.8. The smallest absolute Gasteiger partial charge is 0.0892 e. The summed E-state index contributed by atoms with van der Waals surface area (Å²) in [6, 6.07) is 20.5. The Morgan fingerprint density at radius 3 is 1.57 bits per heavy atom. The Kier molecular flexibility index (Phi) is 11.0. The largest absolute Gasteiger partial charge is 0.369 e. The van der Waals surface area contributed by atoms with Gasteiger partial charge in [0.15, 0.2) is 0 Å². The molecule has 3 nitrogen and oxygen atoms in total. The number of alkyl halides is 2. The van der Waals surface area contributed by atoms with E-state index in [1.54, 1.807) is 0 Å². The fourth-order valence-corrected chi connectivity index (χ4v) is 5.93. The van der Waals surface area contributed by atoms with Crippen LogP contribution in [0.4, 0.5) is 5.69 Å². The van der Waals surface area contributed by atoms with Crippen molar-refractivity contribution >= 4 is 75.3 Å². The van der Waals surface area contributed by atoms with Gasteiger partial charge >= 0.3 is 0 Å². The van der Waals surface area contributed by atoms with Gasteiger partial charge in [0.25, 0.3) is 0 Å². The molecule has 3 aromatic carbocycles. The predicted molar refractivity (Wildman–Crippen MR) is 161 cm³/mol. The molecule has 0 aromatic heterocycles. The molecule has 0 atom stereocenters. The lowest BCUT2D eigenvalue weighted by molar-refractivity contribution is -0.00907. The molecular formula is C28H29Cl6N3. The normalized spacial score (nSPS) is 15.3. The van der Waals surface area contributed by atoms with E-state index >= 15 is 0 Å². The summed E-state index contributed by atoms with van der Waals surface area (Å²) >= 11 is 37.1. The van der Waals surface area contributed by atoms with Gasteiger partial charge in [-0.25, -0.2) is 0 Å². The van der Waals surface area contributed by atoms with Crippen LogP contribution in [0.15, 0.2) is 60.7 Å². The molecule has 0 radical (unpaired) electrons. The molecule has 0 saturated carbocycles. The zero-order chi connectivity index (χ0) is 26.4. The quantitative estimate of drug-likeness (QED) is 0.210. The Morgan fingerprint density at radius 1 is 0.649 bits per heavy atom. The minimum absolute atomic E-state index is 0.0706. The average molecular weight is 620 g/mol. The van der Waals surface area contributed by atoms with Crippen LogP contribution in [0.25, 0.3) is 0 Å². The van der Waals surface area contributed by atoms with Crippen LogP contribution in [0.2, 0.25) is 20.1 Å². The standard InChI is InChI=1S/C28H29Cl6N3/c29-10-14-35(15-11-30)23-6-4-22(5-7-23)28-36(18-20-2-8-24(31)26(33)16-20)12-1-13-37(28)19-21-3-9-25(32)27(34)17-21/h2-9,16-17,28H,1,10-15,18-19H2. The highest BCUT2D eigenvalue weighted by Gasteiger charge is 2.31. The SMILES string of the molecule is ClCCN(CCCl)c1ccc(C2N(Cc3ccc(Cl)c(Cl)c3)CCCN2Cc2ccc(Cl)c(Cl)c2)cc1. The predicted octanol–water partition coefficient (Wildman–Crippen LogP) is 8.99. The third kappa shape index (κ3) is 7.62. The number of benzene rings is 3. The molecule has 1 heterocycles. The highest BCUT2D eigenvalue weighted by Crippen LogP contribution is 2.35. The van der Waals surface area contributed by atoms with E-state index in [2.05, 4.69) is 39.0 Å². The van der Waals surface area contributed by atoms with Gasteiger partial charge in [0.05, 0.1) is 26.3 Å². The van der Waals surface area contributed by atoms with Crippen molar-refractivity contribution in [3.8, 4) is 0 Å². The monoisotopic (exact) mass is 617 g/mol. The molecule has 1 aliphatic heterocycles. The summed E-state index contributed by atoms with van der Waals surface area (Å²) in [7, 11) is 0. The van der Waals surface area contributed by atoms with Crippen LogP contribution in [-0.4, -0.2) is 47.7 Å². The van der Waals surface area contributed by atoms with E-state index in [0.29, 0.717) is 31.9 Å². The summed E-state index contributed by atoms with van der Waals surface area (Å²) in [5.74, 6) is 1.10. The number of halogens is 6. The van der Waals surface area contributed by atoms with E-state index in [1.165, 1.54) is 5.56 Å². The van der Waals surface area contributed by atoms with Crippen molar-refractivity contribution in [2.24, 2.45) is 0 Å². The summed E-state index contributed by atoms with van der Waals surface area (Å²) in [5.41, 5.74) is 4.60. The molecule has 0 bridgehead atoms. The van der Waals surface area contributed by atoms with Crippen molar-refractivity contribution in [3.05, 3.63) is 97.4 Å². The maximum Gasteiger partial charge on any atom is 0.0892 e. The summed E-state index contributed by atoms with van der Waals surface area (Å²) in [6.07, 6.45) is 1.12. The van der Waals surface area contributed by atoms with Crippen molar-refractivity contribution < 1.29 is 0 Å². The molecule has 198 valence electrons. The van der Waals surface area contributed by atoms with E-state index in [4.69, 9.17) is 69.6 Å². The van der Waals surface area contributed by atoms with Gasteiger partial charge in [0, 0.05) is 56.7 Å². The van der Waals surface area contributed by atoms with Gasteiger partial charge in [-0.05, 0) is 59.5 Å². The van der Waals surface area contributed by atoms with Crippen LogP contribution >= 0.6 is 69.6 Å². The summed E-state index contributed by atoms with van der Waals surface area (Å²) in [4.78, 5) is 7.20. The third-order valence-corrected chi connectivity index (χ3v) is 8.40. The molecule has 37 heavy (non-hydrogen) atoms. The van der Waals surface area contributed by atoms with Gasteiger partial charge in [-0.2, -0.15) is 0 Å². The summed E-state index contributed by atoms with van der Waals surface area (Å²) in [6.45, 7) is 4.95. The van der Waals surface area contributed by atoms with Crippen LogP contribution < -0.4 is 4.90 Å². The fourth-order valence-electron chi connectivity index (χ4n) is 4.88. The molecular weight excluding hydrogens is 591 g/mol. The van der Waals surface area contributed by atoms with Crippen molar-refractivity contribution in [2.45, 2.75) is 25.7 Å². The zero-order valence-electron chi connectivity index (χ0n) is 20.3. The molecule has 1 fully saturated rings. The lowest BCUT2D eigenvalue weighted by Gasteiger charge is -2.44. The molecule has 0 unspecified atom stereocenters. The van der Waals surface area contributed by atoms with Crippen LogP contribution in [0.3, 0.4) is 0 Å². The van der Waals surface area contributed by atoms with Crippen LogP contribution in [0, 0.1) is 0 Å². The highest BCUT2D eigenvalue weighted by atomic mass is 35.5. The van der Waals surface area contributed by atoms with Crippen LogP contribution in [0.1, 0.15) is 29.3 Å². The topological polar surface area (TPSA) is 9.72 Å². The first-order valence-electron chi connectivity index (χ1n) is 12.2. The summed E-state index contributed by atoms with van der Waals surface area (Å²) in [5, 5.41) is 2.28. The van der Waals surface area contributed by atoms with Crippen LogP contribution in [-0.2, 0) is 13.1 Å². The van der Waals surface area contributed by atoms with E-state index in [0.717, 1.165) is 62.5 Å². The zero-order valence-corrected chi connectivity index (χ0v) is 24.9. The molecule has 0 amide bonds. The Bertz CT molecular complexity index is 1110. The molecule has 0 N–H and O–H groups in total. The van der Waals surface area contributed by atoms with Gasteiger partial charge in [0.1, 0.15) is 0 Å². The minimum Gasteiger partial charge on any atom is -0.369 e. The minimum atomic E-state index is 0.0706. The second-order valence-electron chi connectivity index (χ2n) is 9.12. The Hall–Kier alpha value is -0.880. The Labute approximate surface area is 249 Å². The van der Waals surface area contributed by atoms with Crippen molar-refractivity contribution in [2.75, 3.05) is 42.8 Å². The molecule has 3 aromatic rings. The number of nitrogens with zero attached hydrogens (tertiary/aromatic N) is 3. The number of rotatable bonds is 10. The molecule has 4 rings (SSSR count). The first-order chi connectivity index (χ1) is 17.9. The van der Waals surface area contributed by atoms with Crippen LogP contribution in [0.5, 0.6) is 0 Å². The van der Waals surface area contributed by atoms with E-state index < -0.39 is 0 Å². The maximum absolute atomic E-state index is 6.34. The van der Waals surface area contributed by atoms with E-state index in [1.807, 2.05) is 36.4 Å². The Balaban J connectivity index is 1.65. The van der Waals surface area contributed by atoms with Crippen molar-refractivity contribution in [1.82, 2.24) is 9.80 Å². The van der Waals surface area contributed by atoms with E-state index in [-0.39, 0.29) is 6.17 Å². The van der Waals surface area contributed by atoms with Gasteiger partial charge < -0.3 is 4.90 Å². The second kappa shape index (κ2) is 14.0. The van der Waals surface area contributed by atoms with Gasteiger partial charge in [-0.15, -0.1) is 23.2 Å². The maximum atomic E-state index is 6.34. The first kappa shape index (κ1) is 29.1. The van der Waals surface area contributed by atoms with Gasteiger partial charge in [-0.3, -0.25) is 9.80 Å². The number of hydrogen-bond acceptors (Lipinski definition) is 3. The molecule has 0 aliphatic carbocycles. The third-order valence-electron chi connectivity index (χ3n) is 6.59. The fraction of sp³-hybridized carbons (Fsp3) is 0.357. The van der Waals surface area contributed by atoms with Crippen molar-refractivity contribution in [1.29, 1.82) is 0 Å². The molecule has 0 spiro atoms. The highest BCUT2D eigenvalue weighted by molar-refractivity contribution is 6.42.